The van der Waals surface area contributed by atoms with Gasteiger partial charge in [-0.1, -0.05) is 25.9 Å². The van der Waals surface area contributed by atoms with Crippen LogP contribution in [-0.2, 0) is 9.63 Å². The van der Waals surface area contributed by atoms with E-state index < -0.39 is 6.10 Å². The zero-order chi connectivity index (χ0) is 20.1. The summed E-state index contributed by atoms with van der Waals surface area (Å²) in [5.74, 6) is 1.48. The molecule has 1 aromatic rings. The number of ether oxygens (including phenoxy) is 2. The Morgan fingerprint density at radius 2 is 2.00 bits per heavy atom. The number of fused-ring (bicyclic) bond motifs is 2. The van der Waals surface area contributed by atoms with Gasteiger partial charge in [0, 0.05) is 24.6 Å². The molecule has 6 heteroatoms. The second-order valence-electron chi connectivity index (χ2n) is 9.58. The van der Waals surface area contributed by atoms with E-state index in [4.69, 9.17) is 14.3 Å². The number of methoxy groups -OCH3 is 2. The number of oxime groups is 1. The van der Waals surface area contributed by atoms with Crippen LogP contribution in [0.1, 0.15) is 52.0 Å². The van der Waals surface area contributed by atoms with Crippen molar-refractivity contribution >= 4 is 11.6 Å². The average molecular weight is 386 g/mol. The summed E-state index contributed by atoms with van der Waals surface area (Å²) in [6.07, 6.45) is 3.20. The highest BCUT2D eigenvalue weighted by Crippen LogP contribution is 2.52. The first kappa shape index (κ1) is 19.1. The minimum atomic E-state index is -0.558. The van der Waals surface area contributed by atoms with E-state index in [2.05, 4.69) is 30.8 Å². The summed E-state index contributed by atoms with van der Waals surface area (Å²) in [5, 5.41) is 4.23. The molecule has 1 aromatic carbocycles. The average Bonchev–Trinajstić information content (AvgIpc) is 3.22. The number of hydrogen-bond acceptors (Lipinski definition) is 5. The molecule has 6 nitrogen and oxygen atoms in total. The molecule has 0 radical (unpaired) electrons. The van der Waals surface area contributed by atoms with Crippen LogP contribution in [0.3, 0.4) is 0 Å². The quantitative estimate of drug-likeness (QED) is 0.793. The molecule has 2 fully saturated rings. The van der Waals surface area contributed by atoms with Crippen LogP contribution in [0, 0.1) is 10.8 Å². The number of carbonyl (C=O) groups excluding carboxylic acids is 1. The van der Waals surface area contributed by atoms with E-state index in [0.717, 1.165) is 42.8 Å². The monoisotopic (exact) mass is 386 g/mol. The van der Waals surface area contributed by atoms with E-state index in [9.17, 15) is 4.79 Å². The van der Waals surface area contributed by atoms with Gasteiger partial charge < -0.3 is 19.2 Å². The van der Waals surface area contributed by atoms with E-state index in [1.807, 2.05) is 18.2 Å². The van der Waals surface area contributed by atoms with Gasteiger partial charge in [0.2, 0.25) is 6.10 Å². The fourth-order valence-corrected chi connectivity index (χ4v) is 5.61. The first-order valence-electron chi connectivity index (χ1n) is 9.99. The third-order valence-electron chi connectivity index (χ3n) is 6.36. The molecule has 3 unspecified atom stereocenters. The van der Waals surface area contributed by atoms with Gasteiger partial charge in [-0.3, -0.25) is 4.79 Å². The molecule has 0 aromatic heterocycles. The maximum atomic E-state index is 13.3. The van der Waals surface area contributed by atoms with E-state index in [0.29, 0.717) is 18.2 Å². The molecule has 2 heterocycles. The minimum absolute atomic E-state index is 0.0621. The number of likely N-dealkylation sites (tertiary alicyclic amines) is 1. The molecular formula is C22H30N2O4. The summed E-state index contributed by atoms with van der Waals surface area (Å²) in [6, 6.07) is 5.87. The lowest BCUT2D eigenvalue weighted by Gasteiger charge is -2.39. The Morgan fingerprint density at radius 1 is 1.21 bits per heavy atom. The molecule has 3 aliphatic rings. The smallest absolute Gasteiger partial charge is 0.267 e. The lowest BCUT2D eigenvalue weighted by Crippen LogP contribution is -2.43. The molecule has 1 amide bonds. The zero-order valence-electron chi connectivity index (χ0n) is 17.4. The van der Waals surface area contributed by atoms with Gasteiger partial charge >= 0.3 is 0 Å². The number of carbonyl (C=O) groups is 1. The fourth-order valence-electron chi connectivity index (χ4n) is 5.61. The van der Waals surface area contributed by atoms with E-state index in [1.165, 1.54) is 0 Å². The van der Waals surface area contributed by atoms with Crippen molar-refractivity contribution in [1.82, 2.24) is 4.90 Å². The van der Waals surface area contributed by atoms with Gasteiger partial charge in [0.05, 0.1) is 19.9 Å². The van der Waals surface area contributed by atoms with Crippen molar-refractivity contribution in [3.63, 3.8) is 0 Å². The lowest BCUT2D eigenvalue weighted by molar-refractivity contribution is -0.143. The van der Waals surface area contributed by atoms with Gasteiger partial charge in [0.25, 0.3) is 5.91 Å². The highest BCUT2D eigenvalue weighted by Gasteiger charge is 2.52. The number of rotatable bonds is 4. The van der Waals surface area contributed by atoms with Crippen molar-refractivity contribution in [2.75, 3.05) is 20.8 Å². The van der Waals surface area contributed by atoms with Gasteiger partial charge in [-0.15, -0.1) is 0 Å². The maximum Gasteiger partial charge on any atom is 0.267 e. The lowest BCUT2D eigenvalue weighted by atomic mass is 9.65. The number of amides is 1. The van der Waals surface area contributed by atoms with Crippen LogP contribution < -0.4 is 9.47 Å². The molecule has 1 saturated carbocycles. The summed E-state index contributed by atoms with van der Waals surface area (Å²) in [4.78, 5) is 20.9. The molecule has 0 N–H and O–H groups in total. The van der Waals surface area contributed by atoms with Crippen LogP contribution >= 0.6 is 0 Å². The molecule has 28 heavy (non-hydrogen) atoms. The van der Waals surface area contributed by atoms with Crippen molar-refractivity contribution in [3.8, 4) is 11.5 Å². The Morgan fingerprint density at radius 3 is 2.71 bits per heavy atom. The topological polar surface area (TPSA) is 60.4 Å². The number of nitrogens with zero attached hydrogens (tertiary/aromatic N) is 2. The Bertz CT molecular complexity index is 819. The van der Waals surface area contributed by atoms with Gasteiger partial charge in [0.1, 0.15) is 11.5 Å². The van der Waals surface area contributed by atoms with Crippen LogP contribution in [0.25, 0.3) is 0 Å². The predicted octanol–water partition coefficient (Wildman–Crippen LogP) is 3.62. The largest absolute Gasteiger partial charge is 0.497 e. The first-order valence-corrected chi connectivity index (χ1v) is 9.99. The first-order chi connectivity index (χ1) is 13.2. The van der Waals surface area contributed by atoms with Crippen LogP contribution in [0.15, 0.2) is 23.4 Å². The molecule has 4 rings (SSSR count). The zero-order valence-corrected chi connectivity index (χ0v) is 17.4. The van der Waals surface area contributed by atoms with Gasteiger partial charge in [-0.25, -0.2) is 0 Å². The van der Waals surface area contributed by atoms with Gasteiger partial charge in [-0.05, 0) is 48.3 Å². The molecule has 3 atom stereocenters. The van der Waals surface area contributed by atoms with Crippen LogP contribution in [0.4, 0.5) is 0 Å². The molecular weight excluding hydrogens is 356 g/mol. The summed E-state index contributed by atoms with van der Waals surface area (Å²) in [7, 11) is 3.25. The van der Waals surface area contributed by atoms with Crippen molar-refractivity contribution in [2.24, 2.45) is 16.0 Å². The highest BCUT2D eigenvalue weighted by molar-refractivity contribution is 6.06. The minimum Gasteiger partial charge on any atom is -0.497 e. The van der Waals surface area contributed by atoms with Crippen LogP contribution in [-0.4, -0.2) is 49.4 Å². The Labute approximate surface area is 166 Å². The molecule has 1 saturated heterocycles. The van der Waals surface area contributed by atoms with Crippen LogP contribution in [0.2, 0.25) is 0 Å². The second-order valence-corrected chi connectivity index (χ2v) is 9.58. The molecule has 2 aliphatic heterocycles. The highest BCUT2D eigenvalue weighted by atomic mass is 16.6. The predicted molar refractivity (Wildman–Crippen MR) is 107 cm³/mol. The third kappa shape index (κ3) is 3.33. The Balaban J connectivity index is 1.50. The third-order valence-corrected chi connectivity index (χ3v) is 6.36. The summed E-state index contributed by atoms with van der Waals surface area (Å²) < 4.78 is 10.8. The normalized spacial score (nSPS) is 30.6. The van der Waals surface area contributed by atoms with E-state index in [-0.39, 0.29) is 16.7 Å². The van der Waals surface area contributed by atoms with Crippen molar-refractivity contribution < 1.29 is 19.1 Å². The van der Waals surface area contributed by atoms with E-state index in [1.54, 1.807) is 14.2 Å². The standard InChI is InChI=1S/C22H30N2O4/c1-21(2)10-14-11-22(3,12-21)13-24(14)20(25)19-9-17(23-28-19)16-8-15(26-4)6-7-18(16)27-5/h6-8,14,19H,9-13H2,1-5H3. The summed E-state index contributed by atoms with van der Waals surface area (Å²) in [6.45, 7) is 7.76. The maximum absolute atomic E-state index is 13.3. The van der Waals surface area contributed by atoms with Crippen LogP contribution in [0.5, 0.6) is 11.5 Å². The Kier molecular flexibility index (Phi) is 4.55. The molecule has 1 aliphatic carbocycles. The fraction of sp³-hybridized carbons (Fsp3) is 0.636. The van der Waals surface area contributed by atoms with Crippen molar-refractivity contribution in [3.05, 3.63) is 23.8 Å². The number of benzene rings is 1. The summed E-state index contributed by atoms with van der Waals surface area (Å²) >= 11 is 0. The van der Waals surface area contributed by atoms with Gasteiger partial charge in [0.15, 0.2) is 0 Å². The molecule has 0 spiro atoms. The molecule has 152 valence electrons. The SMILES string of the molecule is COc1ccc(OC)c(C2=NOC(C(=O)N3CC4(C)CC3CC(C)(C)C4)C2)c1. The van der Waals surface area contributed by atoms with Crippen molar-refractivity contribution in [2.45, 2.75) is 58.6 Å². The Hall–Kier alpha value is -2.24. The molecule has 2 bridgehead atoms. The van der Waals surface area contributed by atoms with E-state index >= 15 is 0 Å². The number of hydrogen-bond donors (Lipinski definition) is 0. The van der Waals surface area contributed by atoms with Crippen molar-refractivity contribution in [1.29, 1.82) is 0 Å². The van der Waals surface area contributed by atoms with Gasteiger partial charge in [-0.2, -0.15) is 0 Å². The summed E-state index contributed by atoms with van der Waals surface area (Å²) in [5.41, 5.74) is 2.02. The second kappa shape index (κ2) is 6.68.